The highest BCUT2D eigenvalue weighted by atomic mass is 19.4. The maximum atomic E-state index is 13.0. The summed E-state index contributed by atoms with van der Waals surface area (Å²) in [6.45, 7) is 3.36. The van der Waals surface area contributed by atoms with Crippen LogP contribution >= 0.6 is 0 Å². The molecule has 13 heteroatoms. The number of Topliss-reactive ketones (excluding diaryl/α,β-unsaturated/α-hetero) is 1. The Morgan fingerprint density at radius 2 is 1.56 bits per heavy atom. The monoisotopic (exact) mass is 584 g/mol. The van der Waals surface area contributed by atoms with Crippen LogP contribution in [0, 0.1) is 5.82 Å². The first-order chi connectivity index (χ1) is 19.4. The van der Waals surface area contributed by atoms with Gasteiger partial charge in [0.1, 0.15) is 25.1 Å². The second kappa shape index (κ2) is 14.8. The van der Waals surface area contributed by atoms with Crippen molar-refractivity contribution in [2.45, 2.75) is 50.4 Å². The number of ether oxygens (including phenoxy) is 2. The Bertz CT molecular complexity index is 1180. The van der Waals surface area contributed by atoms with Gasteiger partial charge in [-0.25, -0.2) is 9.18 Å². The van der Waals surface area contributed by atoms with Crippen LogP contribution in [-0.4, -0.2) is 77.8 Å². The van der Waals surface area contributed by atoms with E-state index < -0.39 is 30.1 Å². The fourth-order valence-corrected chi connectivity index (χ4v) is 4.41. The third kappa shape index (κ3) is 10.0. The fourth-order valence-electron chi connectivity index (χ4n) is 4.41. The van der Waals surface area contributed by atoms with Crippen molar-refractivity contribution in [2.75, 3.05) is 32.8 Å². The van der Waals surface area contributed by atoms with Gasteiger partial charge in [0.05, 0.1) is 6.04 Å². The molecule has 224 valence electrons. The van der Waals surface area contributed by atoms with Crippen molar-refractivity contribution in [2.24, 2.45) is 0 Å². The number of hydrogen-bond acceptors (Lipinski definition) is 7. The van der Waals surface area contributed by atoms with Crippen molar-refractivity contribution >= 4 is 17.7 Å². The Hall–Kier alpha value is -3.71. The van der Waals surface area contributed by atoms with Crippen molar-refractivity contribution in [1.82, 2.24) is 10.2 Å². The average Bonchev–Trinajstić information content (AvgIpc) is 3.45. The molecule has 1 amide bonds. The topological polar surface area (TPSA) is 125 Å². The summed E-state index contributed by atoms with van der Waals surface area (Å²) in [5, 5.41) is 21.3. The zero-order valence-electron chi connectivity index (χ0n) is 22.2. The average molecular weight is 585 g/mol. The molecule has 0 radical (unpaired) electrons. The lowest BCUT2D eigenvalue weighted by Gasteiger charge is -2.29. The highest BCUT2D eigenvalue weighted by Gasteiger charge is 2.38. The molecule has 0 bridgehead atoms. The van der Waals surface area contributed by atoms with E-state index in [2.05, 4.69) is 10.2 Å². The largest absolute Gasteiger partial charge is 0.490 e. The Morgan fingerprint density at radius 1 is 0.951 bits per heavy atom. The van der Waals surface area contributed by atoms with E-state index in [4.69, 9.17) is 19.4 Å². The van der Waals surface area contributed by atoms with E-state index in [9.17, 15) is 32.3 Å². The van der Waals surface area contributed by atoms with E-state index >= 15 is 0 Å². The molecule has 3 N–H and O–H groups in total. The summed E-state index contributed by atoms with van der Waals surface area (Å²) in [6, 6.07) is 10.3. The minimum absolute atomic E-state index is 0.127. The van der Waals surface area contributed by atoms with Crippen LogP contribution in [-0.2, 0) is 9.59 Å². The number of benzene rings is 2. The van der Waals surface area contributed by atoms with Crippen LogP contribution in [0.3, 0.4) is 0 Å². The lowest BCUT2D eigenvalue weighted by Crippen LogP contribution is -2.46. The lowest BCUT2D eigenvalue weighted by atomic mass is 10.00. The molecule has 2 atom stereocenters. The number of carbonyl (C=O) groups excluding carboxylic acids is 2. The maximum absolute atomic E-state index is 13.0. The molecular weight excluding hydrogens is 552 g/mol. The van der Waals surface area contributed by atoms with Crippen molar-refractivity contribution in [3.05, 3.63) is 59.4 Å². The standard InChI is InChI=1S/C26H31FN2O5.C2HF3O2/c27-20-9-6-18(7-10-20)22(30)4-3-5-25(31)28-21(17-29-12-1-2-13-29)26(32)19-8-11-23-24(16-19)34-15-14-33-23;3-2(4,5)1(6)7/h6-11,16,21,26,32H,1-5,12-15,17H2,(H,28,31);(H,6,7)/t21-,26-;/m1./s1. The highest BCUT2D eigenvalue weighted by Crippen LogP contribution is 2.33. The number of carboxylic acid groups (broad SMARTS) is 1. The summed E-state index contributed by atoms with van der Waals surface area (Å²) >= 11 is 0. The molecule has 2 heterocycles. The van der Waals surface area contributed by atoms with Crippen molar-refractivity contribution in [3.8, 4) is 11.5 Å². The first-order valence-corrected chi connectivity index (χ1v) is 13.1. The number of hydrogen-bond donors (Lipinski definition) is 3. The first kappa shape index (κ1) is 31.8. The number of ketones is 1. The third-order valence-electron chi connectivity index (χ3n) is 6.51. The van der Waals surface area contributed by atoms with Gasteiger partial charge >= 0.3 is 12.1 Å². The molecule has 1 saturated heterocycles. The van der Waals surface area contributed by atoms with Crippen LogP contribution in [0.15, 0.2) is 42.5 Å². The van der Waals surface area contributed by atoms with E-state index in [-0.39, 0.29) is 24.5 Å². The number of carboxylic acids is 1. The van der Waals surface area contributed by atoms with Crippen LogP contribution in [0.5, 0.6) is 11.5 Å². The molecule has 9 nitrogen and oxygen atoms in total. The Morgan fingerprint density at radius 3 is 2.17 bits per heavy atom. The zero-order valence-corrected chi connectivity index (χ0v) is 22.2. The van der Waals surface area contributed by atoms with E-state index in [1.807, 2.05) is 0 Å². The van der Waals surface area contributed by atoms with E-state index in [0.29, 0.717) is 48.8 Å². The SMILES string of the molecule is O=C(CCCC(=O)c1ccc(F)cc1)N[C@H](CN1CCCC1)[C@H](O)c1ccc2c(c1)OCCO2.O=C(O)C(F)(F)F. The molecule has 1 fully saturated rings. The van der Waals surface area contributed by atoms with Gasteiger partial charge in [-0.05, 0) is 74.3 Å². The van der Waals surface area contributed by atoms with Gasteiger partial charge in [0, 0.05) is 24.9 Å². The normalized spacial score (nSPS) is 16.2. The molecule has 2 aromatic carbocycles. The number of nitrogens with one attached hydrogen (secondary N) is 1. The molecule has 2 aromatic rings. The quantitative estimate of drug-likeness (QED) is 0.284. The van der Waals surface area contributed by atoms with Gasteiger partial charge in [0.2, 0.25) is 5.91 Å². The summed E-state index contributed by atoms with van der Waals surface area (Å²) in [7, 11) is 0. The molecule has 0 unspecified atom stereocenters. The van der Waals surface area contributed by atoms with E-state index in [0.717, 1.165) is 25.9 Å². The molecule has 0 saturated carbocycles. The van der Waals surface area contributed by atoms with Gasteiger partial charge in [-0.2, -0.15) is 13.2 Å². The molecule has 2 aliphatic rings. The number of rotatable bonds is 10. The number of carbonyl (C=O) groups is 3. The number of amides is 1. The van der Waals surface area contributed by atoms with Crippen LogP contribution in [0.25, 0.3) is 0 Å². The van der Waals surface area contributed by atoms with Gasteiger partial charge in [0.25, 0.3) is 0 Å². The Labute approximate surface area is 234 Å². The smallest absolute Gasteiger partial charge is 0.486 e. The van der Waals surface area contributed by atoms with E-state index in [1.54, 1.807) is 18.2 Å². The van der Waals surface area contributed by atoms with Gasteiger partial charge in [-0.15, -0.1) is 0 Å². The Kier molecular flexibility index (Phi) is 11.5. The van der Waals surface area contributed by atoms with E-state index in [1.165, 1.54) is 24.3 Å². The van der Waals surface area contributed by atoms with Crippen LogP contribution in [0.4, 0.5) is 17.6 Å². The molecule has 41 heavy (non-hydrogen) atoms. The van der Waals surface area contributed by atoms with Crippen LogP contribution < -0.4 is 14.8 Å². The molecule has 4 rings (SSSR count). The lowest BCUT2D eigenvalue weighted by molar-refractivity contribution is -0.192. The number of alkyl halides is 3. The van der Waals surface area contributed by atoms with Gasteiger partial charge in [0.15, 0.2) is 17.3 Å². The van der Waals surface area contributed by atoms with Crippen molar-refractivity contribution in [3.63, 3.8) is 0 Å². The second-order valence-corrected chi connectivity index (χ2v) is 9.62. The maximum Gasteiger partial charge on any atom is 0.490 e. The minimum atomic E-state index is -5.08. The van der Waals surface area contributed by atoms with Crippen molar-refractivity contribution < 1.29 is 51.6 Å². The number of likely N-dealkylation sites (tertiary alicyclic amines) is 1. The number of halogens is 4. The molecular formula is C28H32F4N2O7. The molecule has 0 spiro atoms. The first-order valence-electron chi connectivity index (χ1n) is 13.1. The molecule has 2 aliphatic heterocycles. The number of aliphatic carboxylic acids is 1. The zero-order chi connectivity index (χ0) is 30.0. The molecule has 0 aliphatic carbocycles. The summed E-state index contributed by atoms with van der Waals surface area (Å²) < 4.78 is 56.0. The van der Waals surface area contributed by atoms with Crippen LogP contribution in [0.1, 0.15) is 54.1 Å². The van der Waals surface area contributed by atoms with Crippen molar-refractivity contribution in [1.29, 1.82) is 0 Å². The van der Waals surface area contributed by atoms with Gasteiger partial charge < -0.3 is 29.9 Å². The predicted octanol–water partition coefficient (Wildman–Crippen LogP) is 3.90. The summed E-state index contributed by atoms with van der Waals surface area (Å²) in [5.41, 5.74) is 1.09. The van der Waals surface area contributed by atoms with Crippen LogP contribution in [0.2, 0.25) is 0 Å². The summed E-state index contributed by atoms with van der Waals surface area (Å²) in [4.78, 5) is 36.1. The van der Waals surface area contributed by atoms with Gasteiger partial charge in [-0.3, -0.25) is 9.59 Å². The summed E-state index contributed by atoms with van der Waals surface area (Å²) in [5.74, 6) is -2.25. The number of nitrogens with zero attached hydrogens (tertiary/aromatic N) is 1. The predicted molar refractivity (Wildman–Crippen MR) is 138 cm³/mol. The van der Waals surface area contributed by atoms with Gasteiger partial charge in [-0.1, -0.05) is 6.07 Å². The Balaban J connectivity index is 0.000000587. The number of aliphatic hydroxyl groups is 1. The third-order valence-corrected chi connectivity index (χ3v) is 6.51. The fraction of sp³-hybridized carbons (Fsp3) is 0.464. The number of aliphatic hydroxyl groups excluding tert-OH is 1. The molecule has 0 aromatic heterocycles. The highest BCUT2D eigenvalue weighted by molar-refractivity contribution is 5.96. The second-order valence-electron chi connectivity index (χ2n) is 9.62. The number of fused-ring (bicyclic) bond motifs is 1. The summed E-state index contributed by atoms with van der Waals surface area (Å²) in [6.07, 6.45) is -3.06. The minimum Gasteiger partial charge on any atom is -0.486 e.